The highest BCUT2D eigenvalue weighted by molar-refractivity contribution is 7.71. The van der Waals surface area contributed by atoms with Gasteiger partial charge in [0.15, 0.2) is 5.82 Å². The molecule has 0 bridgehead atoms. The van der Waals surface area contributed by atoms with Crippen LogP contribution in [0, 0.1) is 10.6 Å². The summed E-state index contributed by atoms with van der Waals surface area (Å²) in [4.78, 5) is 2.32. The second-order valence-corrected chi connectivity index (χ2v) is 7.78. The lowest BCUT2D eigenvalue weighted by atomic mass is 10.1. The maximum atomic E-state index is 13.2. The molecule has 0 saturated heterocycles. The second kappa shape index (κ2) is 10.2. The molecule has 0 aliphatic heterocycles. The molecule has 32 heavy (non-hydrogen) atoms. The van der Waals surface area contributed by atoms with Crippen LogP contribution in [0.4, 0.5) is 10.1 Å². The summed E-state index contributed by atoms with van der Waals surface area (Å²) in [6.45, 7) is 3.93. The Morgan fingerprint density at radius 1 is 1.00 bits per heavy atom. The van der Waals surface area contributed by atoms with Crippen LogP contribution in [-0.2, 0) is 13.0 Å². The Morgan fingerprint density at radius 3 is 2.41 bits per heavy atom. The lowest BCUT2D eigenvalue weighted by Crippen LogP contribution is -2.21. The molecule has 1 N–H and O–H groups in total. The van der Waals surface area contributed by atoms with Gasteiger partial charge >= 0.3 is 0 Å². The first kappa shape index (κ1) is 21.6. The smallest absolute Gasteiger partial charge is 0.216 e. The lowest BCUT2D eigenvalue weighted by Gasteiger charge is -2.23. The maximum absolute atomic E-state index is 13.2. The largest absolute Gasteiger partial charge is 0.367 e. The van der Waals surface area contributed by atoms with Gasteiger partial charge in [-0.1, -0.05) is 54.6 Å². The van der Waals surface area contributed by atoms with Crippen molar-refractivity contribution in [1.29, 1.82) is 0 Å². The third-order valence-corrected chi connectivity index (χ3v) is 5.44. The van der Waals surface area contributed by atoms with Crippen LogP contribution in [0.1, 0.15) is 29.4 Å². The van der Waals surface area contributed by atoms with Crippen LogP contribution < -0.4 is 4.90 Å². The third kappa shape index (κ3) is 5.36. The van der Waals surface area contributed by atoms with Crippen LogP contribution in [0.15, 0.2) is 84.0 Å². The first-order valence-electron chi connectivity index (χ1n) is 10.5. The summed E-state index contributed by atoms with van der Waals surface area (Å²) >= 11 is 5.32. The molecule has 0 unspecified atom stereocenters. The number of hydrogen-bond acceptors (Lipinski definition) is 4. The van der Waals surface area contributed by atoms with E-state index in [-0.39, 0.29) is 5.82 Å². The van der Waals surface area contributed by atoms with E-state index in [1.807, 2.05) is 18.2 Å². The molecule has 0 fully saturated rings. The minimum Gasteiger partial charge on any atom is -0.367 e. The summed E-state index contributed by atoms with van der Waals surface area (Å²) < 4.78 is 15.2. The average molecular weight is 446 g/mol. The number of aromatic amines is 1. The molecule has 7 heteroatoms. The maximum Gasteiger partial charge on any atom is 0.216 e. The fourth-order valence-electron chi connectivity index (χ4n) is 3.43. The number of nitrogens with zero attached hydrogens (tertiary/aromatic N) is 4. The zero-order chi connectivity index (χ0) is 22.3. The molecule has 5 nitrogen and oxygen atoms in total. The van der Waals surface area contributed by atoms with Crippen LogP contribution in [-0.4, -0.2) is 27.6 Å². The fourth-order valence-corrected chi connectivity index (χ4v) is 3.63. The molecule has 0 saturated carbocycles. The summed E-state index contributed by atoms with van der Waals surface area (Å²) in [5.41, 5.74) is 4.33. The average Bonchev–Trinajstić information content (AvgIpc) is 3.17. The van der Waals surface area contributed by atoms with Crippen LogP contribution in [0.25, 0.3) is 0 Å². The molecule has 0 radical (unpaired) electrons. The number of H-pyrrole nitrogens is 1. The van der Waals surface area contributed by atoms with Crippen molar-refractivity contribution in [3.63, 3.8) is 0 Å². The van der Waals surface area contributed by atoms with E-state index in [0.29, 0.717) is 17.0 Å². The zero-order valence-corrected chi connectivity index (χ0v) is 18.6. The molecule has 4 rings (SSSR count). The van der Waals surface area contributed by atoms with Crippen molar-refractivity contribution < 1.29 is 4.39 Å². The summed E-state index contributed by atoms with van der Waals surface area (Å²) in [5.74, 6) is 0.397. The van der Waals surface area contributed by atoms with Crippen LogP contribution in [0.3, 0.4) is 0 Å². The van der Waals surface area contributed by atoms with Gasteiger partial charge in [-0.25, -0.2) is 4.39 Å². The minimum absolute atomic E-state index is 0.264. The number of benzene rings is 3. The molecule has 4 aromatic rings. The molecule has 0 spiro atoms. The highest BCUT2D eigenvalue weighted by Gasteiger charge is 2.08. The highest BCUT2D eigenvalue weighted by Crippen LogP contribution is 2.18. The van der Waals surface area contributed by atoms with Gasteiger partial charge in [-0.15, -0.1) is 0 Å². The van der Waals surface area contributed by atoms with E-state index in [4.69, 9.17) is 12.2 Å². The van der Waals surface area contributed by atoms with Gasteiger partial charge in [0.2, 0.25) is 4.77 Å². The first-order valence-corrected chi connectivity index (χ1v) is 10.9. The predicted octanol–water partition coefficient (Wildman–Crippen LogP) is 5.58. The first-order chi connectivity index (χ1) is 15.6. The van der Waals surface area contributed by atoms with Crippen molar-refractivity contribution in [2.45, 2.75) is 19.9 Å². The molecular weight excluding hydrogens is 421 g/mol. The van der Waals surface area contributed by atoms with Crippen molar-refractivity contribution in [3.8, 4) is 0 Å². The van der Waals surface area contributed by atoms with Crippen molar-refractivity contribution in [3.05, 3.63) is 112 Å². The summed E-state index contributed by atoms with van der Waals surface area (Å²) in [7, 11) is 0. The Hall–Kier alpha value is -3.58. The van der Waals surface area contributed by atoms with E-state index in [1.54, 1.807) is 23.0 Å². The molecule has 0 aliphatic rings. The predicted molar refractivity (Wildman–Crippen MR) is 129 cm³/mol. The highest BCUT2D eigenvalue weighted by atomic mass is 32.1. The van der Waals surface area contributed by atoms with E-state index in [2.05, 4.69) is 63.5 Å². The fraction of sp³-hybridized carbons (Fsp3) is 0.160. The van der Waals surface area contributed by atoms with Crippen molar-refractivity contribution >= 4 is 24.1 Å². The number of halogens is 1. The standard InChI is InChI=1S/C25H24FN5S/c1-2-30(18-21-6-4-3-5-7-21)23-14-10-20(11-15-23)17-27-31-24(28-29-25(31)32)16-19-8-12-22(26)13-9-19/h3-15,17H,2,16,18H2,1H3,(H,29,32)/b27-17-. The van der Waals surface area contributed by atoms with E-state index in [0.717, 1.165) is 29.9 Å². The number of rotatable bonds is 8. The molecule has 1 aromatic heterocycles. The molecular formula is C25H24FN5S. The number of anilines is 1. The zero-order valence-electron chi connectivity index (χ0n) is 17.8. The summed E-state index contributed by atoms with van der Waals surface area (Å²) in [6, 6.07) is 25.0. The van der Waals surface area contributed by atoms with E-state index in [9.17, 15) is 4.39 Å². The van der Waals surface area contributed by atoms with Crippen LogP contribution in [0.2, 0.25) is 0 Å². The lowest BCUT2D eigenvalue weighted by molar-refractivity contribution is 0.627. The molecule has 0 aliphatic carbocycles. The molecule has 3 aromatic carbocycles. The molecule has 162 valence electrons. The van der Waals surface area contributed by atoms with Crippen LogP contribution >= 0.6 is 12.2 Å². The van der Waals surface area contributed by atoms with Crippen molar-refractivity contribution in [2.24, 2.45) is 5.10 Å². The second-order valence-electron chi connectivity index (χ2n) is 7.40. The van der Waals surface area contributed by atoms with E-state index >= 15 is 0 Å². The SMILES string of the molecule is CCN(Cc1ccccc1)c1ccc(/C=N\n2c(Cc3ccc(F)cc3)n[nH]c2=S)cc1. The van der Waals surface area contributed by atoms with Gasteiger partial charge in [0, 0.05) is 25.2 Å². The molecule has 0 atom stereocenters. The van der Waals surface area contributed by atoms with Crippen LogP contribution in [0.5, 0.6) is 0 Å². The molecule has 0 amide bonds. The normalized spacial score (nSPS) is 11.2. The Labute approximate surface area is 191 Å². The van der Waals surface area contributed by atoms with Gasteiger partial charge in [0.05, 0.1) is 6.21 Å². The Kier molecular flexibility index (Phi) is 6.87. The van der Waals surface area contributed by atoms with Gasteiger partial charge in [-0.2, -0.15) is 14.9 Å². The number of aromatic nitrogens is 3. The van der Waals surface area contributed by atoms with E-state index in [1.165, 1.54) is 17.7 Å². The van der Waals surface area contributed by atoms with Crippen molar-refractivity contribution in [2.75, 3.05) is 11.4 Å². The van der Waals surface area contributed by atoms with Gasteiger partial charge < -0.3 is 4.90 Å². The van der Waals surface area contributed by atoms with Crippen molar-refractivity contribution in [1.82, 2.24) is 14.9 Å². The third-order valence-electron chi connectivity index (χ3n) is 5.17. The summed E-state index contributed by atoms with van der Waals surface area (Å²) in [5, 5.41) is 11.6. The Balaban J connectivity index is 1.48. The van der Waals surface area contributed by atoms with Gasteiger partial charge in [0.25, 0.3) is 0 Å². The quantitative estimate of drug-likeness (QED) is 0.285. The van der Waals surface area contributed by atoms with Gasteiger partial charge in [-0.3, -0.25) is 5.10 Å². The van der Waals surface area contributed by atoms with Gasteiger partial charge in [0.1, 0.15) is 5.82 Å². The van der Waals surface area contributed by atoms with Gasteiger partial charge in [-0.05, 0) is 60.1 Å². The monoisotopic (exact) mass is 445 g/mol. The number of nitrogens with one attached hydrogen (secondary N) is 1. The molecule has 1 heterocycles. The number of hydrogen-bond donors (Lipinski definition) is 1. The Morgan fingerprint density at radius 2 is 1.72 bits per heavy atom. The Bertz CT molecular complexity index is 1230. The summed E-state index contributed by atoms with van der Waals surface area (Å²) in [6.07, 6.45) is 2.26. The topological polar surface area (TPSA) is 49.2 Å². The minimum atomic E-state index is -0.264. The van der Waals surface area contributed by atoms with E-state index < -0.39 is 0 Å².